The van der Waals surface area contributed by atoms with Crippen LogP contribution >= 0.6 is 0 Å². The second-order valence-electron chi connectivity index (χ2n) is 12.7. The predicted molar refractivity (Wildman–Crippen MR) is 179 cm³/mol. The molecule has 0 radical (unpaired) electrons. The molecule has 222 valence electrons. The zero-order valence-corrected chi connectivity index (χ0v) is 25.8. The largest absolute Gasteiger partial charge is 0.453 e. The van der Waals surface area contributed by atoms with Crippen molar-refractivity contribution in [2.75, 3.05) is 4.90 Å². The van der Waals surface area contributed by atoms with Crippen molar-refractivity contribution in [2.24, 2.45) is 0 Å². The SMILES string of the molecule is Cc1c(-c2ccc(-c3ccccc3)cc2)c(C)[n+]2n1-c1cccc3c1C21c2c(ccc4c2N3c2ccccc2O4)Oc2cccc[n+]21. The maximum Gasteiger partial charge on any atom is 0.449 e. The van der Waals surface area contributed by atoms with Crippen LogP contribution < -0.4 is 23.6 Å². The minimum atomic E-state index is -0.759. The Morgan fingerprint density at radius 2 is 1.26 bits per heavy atom. The first-order valence-electron chi connectivity index (χ1n) is 16.0. The molecular weight excluding hydrogens is 580 g/mol. The molecule has 11 rings (SSSR count). The van der Waals surface area contributed by atoms with Gasteiger partial charge in [-0.25, -0.2) is 0 Å². The van der Waals surface area contributed by atoms with Crippen LogP contribution in [0, 0.1) is 13.8 Å². The molecule has 7 aromatic rings. The summed E-state index contributed by atoms with van der Waals surface area (Å²) in [7, 11) is 0. The Hall–Kier alpha value is -6.14. The van der Waals surface area contributed by atoms with Crippen LogP contribution in [0.4, 0.5) is 17.1 Å². The van der Waals surface area contributed by atoms with Crippen molar-refractivity contribution in [3.05, 3.63) is 156 Å². The average molecular weight is 609 g/mol. The molecule has 47 heavy (non-hydrogen) atoms. The van der Waals surface area contributed by atoms with Gasteiger partial charge in [0.05, 0.1) is 28.7 Å². The summed E-state index contributed by atoms with van der Waals surface area (Å²) in [4.78, 5) is 2.38. The first-order chi connectivity index (χ1) is 23.2. The zero-order chi connectivity index (χ0) is 31.0. The first kappa shape index (κ1) is 25.1. The molecule has 0 aliphatic carbocycles. The molecule has 0 fully saturated rings. The molecular formula is C41H28N4O2+2. The molecule has 6 heterocycles. The Morgan fingerprint density at radius 1 is 0.553 bits per heavy atom. The number of para-hydroxylation sites is 2. The van der Waals surface area contributed by atoms with E-state index in [-0.39, 0.29) is 0 Å². The van der Waals surface area contributed by atoms with E-state index in [1.807, 2.05) is 18.2 Å². The van der Waals surface area contributed by atoms with Gasteiger partial charge in [-0.05, 0) is 70.8 Å². The van der Waals surface area contributed by atoms with Crippen molar-refractivity contribution in [3.63, 3.8) is 0 Å². The van der Waals surface area contributed by atoms with E-state index >= 15 is 0 Å². The van der Waals surface area contributed by atoms with Gasteiger partial charge in [-0.1, -0.05) is 77.4 Å². The minimum Gasteiger partial charge on any atom is -0.453 e. The first-order valence-corrected chi connectivity index (χ1v) is 16.0. The molecule has 0 N–H and O–H groups in total. The van der Waals surface area contributed by atoms with Crippen LogP contribution in [0.5, 0.6) is 23.1 Å². The number of nitrogens with zero attached hydrogens (tertiary/aromatic N) is 4. The average Bonchev–Trinajstić information content (AvgIpc) is 3.57. The molecule has 1 unspecified atom stereocenters. The minimum absolute atomic E-state index is 0.759. The highest BCUT2D eigenvalue weighted by molar-refractivity contribution is 5.95. The molecule has 6 nitrogen and oxygen atoms in total. The second kappa shape index (κ2) is 8.56. The van der Waals surface area contributed by atoms with E-state index in [1.54, 1.807) is 0 Å². The van der Waals surface area contributed by atoms with Gasteiger partial charge >= 0.3 is 11.5 Å². The van der Waals surface area contributed by atoms with E-state index in [0.717, 1.165) is 51.4 Å². The fourth-order valence-corrected chi connectivity index (χ4v) is 8.64. The number of hydrogen-bond acceptors (Lipinski definition) is 3. The van der Waals surface area contributed by atoms with Crippen molar-refractivity contribution in [1.29, 1.82) is 0 Å². The summed E-state index contributed by atoms with van der Waals surface area (Å²) in [6.07, 6.45) is 2.16. The van der Waals surface area contributed by atoms with E-state index in [2.05, 4.69) is 148 Å². The molecule has 0 amide bonds. The molecule has 2 aromatic heterocycles. The van der Waals surface area contributed by atoms with Gasteiger partial charge in [-0.2, -0.15) is 0 Å². The summed E-state index contributed by atoms with van der Waals surface area (Å²) in [6, 6.07) is 44.9. The Labute approximate surface area is 271 Å². The van der Waals surface area contributed by atoms with Gasteiger partial charge < -0.3 is 14.4 Å². The molecule has 0 bridgehead atoms. The lowest BCUT2D eigenvalue weighted by Crippen LogP contribution is -2.77. The number of aromatic nitrogens is 3. The van der Waals surface area contributed by atoms with Crippen molar-refractivity contribution in [2.45, 2.75) is 19.5 Å². The summed E-state index contributed by atoms with van der Waals surface area (Å²) < 4.78 is 20.6. The van der Waals surface area contributed by atoms with E-state index in [9.17, 15) is 0 Å². The lowest BCUT2D eigenvalue weighted by atomic mass is 9.81. The Bertz CT molecular complexity index is 2500. The van der Waals surface area contributed by atoms with Crippen LogP contribution in [0.3, 0.4) is 0 Å². The summed E-state index contributed by atoms with van der Waals surface area (Å²) in [5.41, 5.74) is 13.1. The number of ether oxygens (including phenoxy) is 2. The molecule has 5 aromatic carbocycles. The number of benzene rings is 5. The Balaban J connectivity index is 1.26. The summed E-state index contributed by atoms with van der Waals surface area (Å²) in [5, 5.41) is 0. The summed E-state index contributed by atoms with van der Waals surface area (Å²) >= 11 is 0. The molecule has 0 saturated heterocycles. The van der Waals surface area contributed by atoms with Crippen LogP contribution in [0.2, 0.25) is 0 Å². The van der Waals surface area contributed by atoms with Crippen molar-refractivity contribution < 1.29 is 18.7 Å². The fraction of sp³-hybridized carbons (Fsp3) is 0.0732. The predicted octanol–water partition coefficient (Wildman–Crippen LogP) is 8.61. The summed E-state index contributed by atoms with van der Waals surface area (Å²) in [5.74, 6) is 3.28. The van der Waals surface area contributed by atoms with Gasteiger partial charge in [0, 0.05) is 13.0 Å². The Kier molecular flexibility index (Phi) is 4.57. The van der Waals surface area contributed by atoms with Crippen LogP contribution in [-0.4, -0.2) is 4.68 Å². The number of pyridine rings is 1. The molecule has 0 saturated carbocycles. The highest BCUT2D eigenvalue weighted by Gasteiger charge is 2.73. The lowest BCUT2D eigenvalue weighted by Gasteiger charge is -2.41. The van der Waals surface area contributed by atoms with Gasteiger partial charge in [-0.3, -0.25) is 0 Å². The van der Waals surface area contributed by atoms with E-state index < -0.39 is 5.66 Å². The van der Waals surface area contributed by atoms with E-state index in [0.29, 0.717) is 0 Å². The monoisotopic (exact) mass is 608 g/mol. The van der Waals surface area contributed by atoms with Gasteiger partial charge in [0.2, 0.25) is 5.69 Å². The number of rotatable bonds is 2. The van der Waals surface area contributed by atoms with Crippen molar-refractivity contribution in [1.82, 2.24) is 4.68 Å². The zero-order valence-electron chi connectivity index (χ0n) is 25.8. The summed E-state index contributed by atoms with van der Waals surface area (Å²) in [6.45, 7) is 4.51. The molecule has 4 aliphatic heterocycles. The number of anilines is 3. The van der Waals surface area contributed by atoms with Crippen LogP contribution in [-0.2, 0) is 5.66 Å². The topological polar surface area (TPSA) is 34.4 Å². The quantitative estimate of drug-likeness (QED) is 0.184. The third-order valence-electron chi connectivity index (χ3n) is 10.4. The van der Waals surface area contributed by atoms with Crippen molar-refractivity contribution >= 4 is 17.1 Å². The van der Waals surface area contributed by atoms with Crippen LogP contribution in [0.15, 0.2) is 134 Å². The number of fused-ring (bicyclic) bond motifs is 6. The molecule has 6 heteroatoms. The van der Waals surface area contributed by atoms with Gasteiger partial charge in [0.1, 0.15) is 11.4 Å². The van der Waals surface area contributed by atoms with Crippen molar-refractivity contribution in [3.8, 4) is 51.1 Å². The fourth-order valence-electron chi connectivity index (χ4n) is 8.64. The highest BCUT2D eigenvalue weighted by atomic mass is 16.5. The standard InChI is InChI=1S/C41H28N4O2/c1-25-37(29-20-18-28(19-21-29)27-11-4-3-5-12-27)26(2)45-41-38-31(14-10-15-32(38)44(25)45)43-30-13-6-7-16-33(30)46-35-23-22-34(39(41)40(35)43)47-36-17-8-9-24-42(36)41/h3-24H,1-2H3/q+2. The molecule has 4 aliphatic rings. The highest BCUT2D eigenvalue weighted by Crippen LogP contribution is 2.64. The van der Waals surface area contributed by atoms with E-state index in [4.69, 9.17) is 9.47 Å². The van der Waals surface area contributed by atoms with Gasteiger partial charge in [0.15, 0.2) is 34.6 Å². The van der Waals surface area contributed by atoms with Crippen LogP contribution in [0.25, 0.3) is 27.9 Å². The lowest BCUT2D eigenvalue weighted by molar-refractivity contribution is -0.999. The maximum atomic E-state index is 6.74. The number of hydrogen-bond donors (Lipinski definition) is 0. The van der Waals surface area contributed by atoms with E-state index in [1.165, 1.54) is 39.2 Å². The Morgan fingerprint density at radius 3 is 2.13 bits per heavy atom. The molecule has 1 spiro atoms. The second-order valence-corrected chi connectivity index (χ2v) is 12.7. The normalized spacial score (nSPS) is 16.7. The third kappa shape index (κ3) is 2.88. The maximum absolute atomic E-state index is 6.74. The molecule has 1 atom stereocenters. The third-order valence-corrected chi connectivity index (χ3v) is 10.4. The smallest absolute Gasteiger partial charge is 0.449 e. The van der Waals surface area contributed by atoms with Crippen LogP contribution in [0.1, 0.15) is 22.5 Å². The van der Waals surface area contributed by atoms with Gasteiger partial charge in [0.25, 0.3) is 0 Å². The van der Waals surface area contributed by atoms with Gasteiger partial charge in [-0.15, -0.1) is 4.68 Å².